The molecule has 3 nitrogen and oxygen atoms in total. The lowest BCUT2D eigenvalue weighted by Crippen LogP contribution is -2.40. The molecule has 0 amide bonds. The maximum Gasteiger partial charge on any atom is 0.137 e. The summed E-state index contributed by atoms with van der Waals surface area (Å²) in [6.07, 6.45) is 1.92. The third kappa shape index (κ3) is 1.72. The largest absolute Gasteiger partial charge is 0.342 e. The van der Waals surface area contributed by atoms with E-state index in [2.05, 4.69) is 15.3 Å². The Morgan fingerprint density at radius 2 is 2.19 bits per heavy atom. The topological polar surface area (TPSA) is 40.7 Å². The fourth-order valence-electron chi connectivity index (χ4n) is 1.83. The normalized spacial score (nSPS) is 16.1. The standard InChI is InChI=1S/C12H12ClN3/c13-10-3-1-2-8(4-10)12-15-7-11(16-12)9-5-14-6-9/h1-4,7,9,14H,5-6H2,(H,15,16). The van der Waals surface area contributed by atoms with E-state index in [4.69, 9.17) is 11.6 Å². The Kier molecular flexibility index (Phi) is 2.42. The molecule has 0 aliphatic carbocycles. The monoisotopic (exact) mass is 233 g/mol. The number of H-pyrrole nitrogens is 1. The molecule has 2 heterocycles. The molecule has 1 aliphatic heterocycles. The van der Waals surface area contributed by atoms with Gasteiger partial charge in [-0.2, -0.15) is 0 Å². The molecule has 0 radical (unpaired) electrons. The van der Waals surface area contributed by atoms with Crippen LogP contribution in [0, 0.1) is 0 Å². The fraction of sp³-hybridized carbons (Fsp3) is 0.250. The predicted octanol–water partition coefficient (Wildman–Crippen LogP) is 2.42. The van der Waals surface area contributed by atoms with Crippen molar-refractivity contribution >= 4 is 11.6 Å². The molecule has 1 fully saturated rings. The number of nitrogens with one attached hydrogen (secondary N) is 2. The molecular formula is C12H12ClN3. The van der Waals surface area contributed by atoms with Crippen LogP contribution in [0.1, 0.15) is 11.6 Å². The van der Waals surface area contributed by atoms with Crippen molar-refractivity contribution in [3.8, 4) is 11.4 Å². The van der Waals surface area contributed by atoms with Gasteiger partial charge in [0.25, 0.3) is 0 Å². The van der Waals surface area contributed by atoms with Crippen molar-refractivity contribution in [3.05, 3.63) is 41.2 Å². The summed E-state index contributed by atoms with van der Waals surface area (Å²) in [5, 5.41) is 3.99. The molecule has 1 aromatic heterocycles. The van der Waals surface area contributed by atoms with Crippen LogP contribution in [-0.2, 0) is 0 Å². The van der Waals surface area contributed by atoms with Crippen LogP contribution in [0.2, 0.25) is 5.02 Å². The van der Waals surface area contributed by atoms with E-state index in [1.165, 1.54) is 5.69 Å². The number of imidazole rings is 1. The van der Waals surface area contributed by atoms with Crippen LogP contribution in [0.3, 0.4) is 0 Å². The van der Waals surface area contributed by atoms with Crippen molar-refractivity contribution in [2.75, 3.05) is 13.1 Å². The molecule has 1 aromatic carbocycles. The van der Waals surface area contributed by atoms with Crippen molar-refractivity contribution in [1.82, 2.24) is 15.3 Å². The minimum Gasteiger partial charge on any atom is -0.342 e. The van der Waals surface area contributed by atoms with E-state index in [9.17, 15) is 0 Å². The van der Waals surface area contributed by atoms with E-state index in [0.29, 0.717) is 5.92 Å². The fourth-order valence-corrected chi connectivity index (χ4v) is 2.02. The van der Waals surface area contributed by atoms with Gasteiger partial charge in [-0.1, -0.05) is 23.7 Å². The number of hydrogen-bond acceptors (Lipinski definition) is 2. The lowest BCUT2D eigenvalue weighted by Gasteiger charge is -2.25. The van der Waals surface area contributed by atoms with Gasteiger partial charge >= 0.3 is 0 Å². The van der Waals surface area contributed by atoms with Crippen molar-refractivity contribution in [1.29, 1.82) is 0 Å². The van der Waals surface area contributed by atoms with Gasteiger partial charge in [0.15, 0.2) is 0 Å². The van der Waals surface area contributed by atoms with Gasteiger partial charge in [-0.05, 0) is 12.1 Å². The van der Waals surface area contributed by atoms with Crippen LogP contribution in [-0.4, -0.2) is 23.1 Å². The minimum atomic E-state index is 0.584. The van der Waals surface area contributed by atoms with Crippen molar-refractivity contribution in [2.24, 2.45) is 0 Å². The summed E-state index contributed by atoms with van der Waals surface area (Å²) >= 11 is 5.95. The molecule has 0 atom stereocenters. The number of aromatic amines is 1. The van der Waals surface area contributed by atoms with Crippen LogP contribution < -0.4 is 5.32 Å². The average molecular weight is 234 g/mol. The van der Waals surface area contributed by atoms with E-state index in [0.717, 1.165) is 29.5 Å². The number of halogens is 1. The predicted molar refractivity (Wildman–Crippen MR) is 64.6 cm³/mol. The molecule has 16 heavy (non-hydrogen) atoms. The van der Waals surface area contributed by atoms with Crippen LogP contribution in [0.4, 0.5) is 0 Å². The summed E-state index contributed by atoms with van der Waals surface area (Å²) < 4.78 is 0. The molecule has 0 saturated carbocycles. The maximum atomic E-state index is 5.95. The summed E-state index contributed by atoms with van der Waals surface area (Å²) in [6.45, 7) is 2.08. The van der Waals surface area contributed by atoms with E-state index in [1.54, 1.807) is 0 Å². The second kappa shape index (κ2) is 3.92. The van der Waals surface area contributed by atoms with Crippen molar-refractivity contribution in [2.45, 2.75) is 5.92 Å². The van der Waals surface area contributed by atoms with Gasteiger partial charge in [0, 0.05) is 41.5 Å². The quantitative estimate of drug-likeness (QED) is 0.837. The first-order valence-corrected chi connectivity index (χ1v) is 5.72. The highest BCUT2D eigenvalue weighted by atomic mass is 35.5. The Bertz CT molecular complexity index is 502. The van der Waals surface area contributed by atoms with Crippen LogP contribution >= 0.6 is 11.6 Å². The molecule has 1 aliphatic rings. The summed E-state index contributed by atoms with van der Waals surface area (Å²) in [5.74, 6) is 1.48. The lowest BCUT2D eigenvalue weighted by molar-refractivity contribution is 0.441. The summed E-state index contributed by atoms with van der Waals surface area (Å²) in [4.78, 5) is 7.74. The van der Waals surface area contributed by atoms with E-state index in [-0.39, 0.29) is 0 Å². The summed E-state index contributed by atoms with van der Waals surface area (Å²) in [5.41, 5.74) is 2.24. The molecule has 1 saturated heterocycles. The van der Waals surface area contributed by atoms with Gasteiger partial charge in [-0.25, -0.2) is 4.98 Å². The molecule has 2 N–H and O–H groups in total. The highest BCUT2D eigenvalue weighted by molar-refractivity contribution is 6.30. The molecule has 3 rings (SSSR count). The van der Waals surface area contributed by atoms with E-state index < -0.39 is 0 Å². The Morgan fingerprint density at radius 3 is 2.88 bits per heavy atom. The Hall–Kier alpha value is -1.32. The third-order valence-corrected chi connectivity index (χ3v) is 3.15. The first-order valence-electron chi connectivity index (χ1n) is 5.34. The molecule has 0 spiro atoms. The van der Waals surface area contributed by atoms with Crippen LogP contribution in [0.15, 0.2) is 30.5 Å². The van der Waals surface area contributed by atoms with E-state index in [1.807, 2.05) is 30.5 Å². The second-order valence-electron chi connectivity index (χ2n) is 4.05. The van der Waals surface area contributed by atoms with Crippen LogP contribution in [0.25, 0.3) is 11.4 Å². The lowest BCUT2D eigenvalue weighted by atomic mass is 10.0. The smallest absolute Gasteiger partial charge is 0.137 e. The number of rotatable bonds is 2. The van der Waals surface area contributed by atoms with Crippen molar-refractivity contribution in [3.63, 3.8) is 0 Å². The molecule has 82 valence electrons. The highest BCUT2D eigenvalue weighted by Crippen LogP contribution is 2.23. The maximum absolute atomic E-state index is 5.95. The SMILES string of the molecule is Clc1cccc(-c2ncc(C3CNC3)[nH]2)c1. The zero-order chi connectivity index (χ0) is 11.0. The molecule has 4 heteroatoms. The van der Waals surface area contributed by atoms with Gasteiger partial charge in [-0.15, -0.1) is 0 Å². The molecular weight excluding hydrogens is 222 g/mol. The number of benzene rings is 1. The Labute approximate surface area is 98.9 Å². The summed E-state index contributed by atoms with van der Waals surface area (Å²) in [6, 6.07) is 7.73. The first-order chi connectivity index (χ1) is 7.83. The molecule has 0 unspecified atom stereocenters. The number of hydrogen-bond donors (Lipinski definition) is 2. The third-order valence-electron chi connectivity index (χ3n) is 2.91. The number of aromatic nitrogens is 2. The van der Waals surface area contributed by atoms with Gasteiger partial charge < -0.3 is 10.3 Å². The van der Waals surface area contributed by atoms with Gasteiger partial charge in [0.05, 0.1) is 0 Å². The Morgan fingerprint density at radius 1 is 1.31 bits per heavy atom. The highest BCUT2D eigenvalue weighted by Gasteiger charge is 2.20. The van der Waals surface area contributed by atoms with Gasteiger partial charge in [0.2, 0.25) is 0 Å². The second-order valence-corrected chi connectivity index (χ2v) is 4.49. The number of nitrogens with zero attached hydrogens (tertiary/aromatic N) is 1. The first kappa shape index (κ1) is 9.87. The molecule has 0 bridgehead atoms. The average Bonchev–Trinajstić information content (AvgIpc) is 2.64. The van der Waals surface area contributed by atoms with E-state index >= 15 is 0 Å². The summed E-state index contributed by atoms with van der Waals surface area (Å²) in [7, 11) is 0. The zero-order valence-corrected chi connectivity index (χ0v) is 9.46. The zero-order valence-electron chi connectivity index (χ0n) is 8.70. The van der Waals surface area contributed by atoms with Gasteiger partial charge in [0.1, 0.15) is 5.82 Å². The van der Waals surface area contributed by atoms with Crippen LogP contribution in [0.5, 0.6) is 0 Å². The van der Waals surface area contributed by atoms with Gasteiger partial charge in [-0.3, -0.25) is 0 Å². The Balaban J connectivity index is 1.91. The molecule has 2 aromatic rings. The van der Waals surface area contributed by atoms with Crippen molar-refractivity contribution < 1.29 is 0 Å². The minimum absolute atomic E-state index is 0.584.